The van der Waals surface area contributed by atoms with Gasteiger partial charge in [-0.3, -0.25) is 9.52 Å². The lowest BCUT2D eigenvalue weighted by atomic mass is 10.1. The minimum Gasteiger partial charge on any atom is -0.352 e. The fraction of sp³-hybridized carbons (Fsp3) is 0.350. The largest absolute Gasteiger partial charge is 0.352 e. The second kappa shape index (κ2) is 8.36. The Morgan fingerprint density at radius 2 is 1.58 bits per heavy atom. The monoisotopic (exact) mass is 374 g/mol. The second-order valence-corrected chi connectivity index (χ2v) is 8.52. The van der Waals surface area contributed by atoms with Crippen LogP contribution in [0.1, 0.15) is 41.8 Å². The molecular weight excluding hydrogens is 348 g/mol. The Bertz CT molecular complexity index is 852. The number of nitrogens with one attached hydrogen (secondary N) is 2. The molecule has 0 saturated carbocycles. The third kappa shape index (κ3) is 5.08. The third-order valence-electron chi connectivity index (χ3n) is 4.15. The maximum absolute atomic E-state index is 12.6. The zero-order chi connectivity index (χ0) is 19.3. The van der Waals surface area contributed by atoms with E-state index in [2.05, 4.69) is 23.9 Å². The molecule has 0 heterocycles. The second-order valence-electron chi connectivity index (χ2n) is 6.84. The molecule has 0 aromatic heterocycles. The van der Waals surface area contributed by atoms with Crippen LogP contribution in [0.4, 0.5) is 5.69 Å². The Balaban J connectivity index is 2.12. The molecule has 5 nitrogen and oxygen atoms in total. The number of carbonyl (C=O) groups excluding carboxylic acids is 1. The Morgan fingerprint density at radius 3 is 2.12 bits per heavy atom. The number of benzene rings is 2. The highest BCUT2D eigenvalue weighted by Crippen LogP contribution is 2.23. The minimum absolute atomic E-state index is 0.124. The first-order valence-corrected chi connectivity index (χ1v) is 10.2. The Hall–Kier alpha value is -2.34. The van der Waals surface area contributed by atoms with Gasteiger partial charge >= 0.3 is 0 Å². The number of para-hydroxylation sites is 1. The lowest BCUT2D eigenvalue weighted by molar-refractivity contribution is 0.0952. The van der Waals surface area contributed by atoms with Crippen molar-refractivity contribution in [2.75, 3.05) is 11.3 Å². The summed E-state index contributed by atoms with van der Waals surface area (Å²) in [6.45, 7) is 8.50. The van der Waals surface area contributed by atoms with E-state index in [0.29, 0.717) is 23.7 Å². The molecule has 0 radical (unpaired) electrons. The molecule has 2 aromatic rings. The lowest BCUT2D eigenvalue weighted by Crippen LogP contribution is -2.25. The van der Waals surface area contributed by atoms with Gasteiger partial charge in [-0.05, 0) is 61.6 Å². The van der Waals surface area contributed by atoms with Crippen molar-refractivity contribution in [1.82, 2.24) is 5.32 Å². The number of amides is 1. The lowest BCUT2D eigenvalue weighted by Gasteiger charge is -2.13. The highest BCUT2D eigenvalue weighted by molar-refractivity contribution is 7.92. The van der Waals surface area contributed by atoms with E-state index in [1.165, 1.54) is 24.3 Å². The predicted octanol–water partition coefficient (Wildman–Crippen LogP) is 3.88. The molecule has 0 atom stereocenters. The van der Waals surface area contributed by atoms with E-state index in [4.69, 9.17) is 0 Å². The SMILES string of the molecule is Cc1cccc(C)c1NS(=O)(=O)c1ccc(C(=O)NCCC(C)C)cc1. The van der Waals surface area contributed by atoms with Crippen molar-refractivity contribution in [3.63, 3.8) is 0 Å². The number of sulfonamides is 1. The van der Waals surface area contributed by atoms with Gasteiger partial charge in [-0.2, -0.15) is 0 Å². The summed E-state index contributed by atoms with van der Waals surface area (Å²) >= 11 is 0. The summed E-state index contributed by atoms with van der Waals surface area (Å²) in [5.41, 5.74) is 2.74. The third-order valence-corrected chi connectivity index (χ3v) is 5.52. The van der Waals surface area contributed by atoms with E-state index in [1.54, 1.807) is 0 Å². The van der Waals surface area contributed by atoms with Crippen molar-refractivity contribution in [3.8, 4) is 0 Å². The first kappa shape index (κ1) is 20.0. The number of hydrogen-bond acceptors (Lipinski definition) is 3. The number of hydrogen-bond donors (Lipinski definition) is 2. The molecule has 0 aliphatic heterocycles. The smallest absolute Gasteiger partial charge is 0.261 e. The maximum atomic E-state index is 12.6. The van der Waals surface area contributed by atoms with E-state index in [0.717, 1.165) is 17.5 Å². The zero-order valence-corrected chi connectivity index (χ0v) is 16.5. The first-order valence-electron chi connectivity index (χ1n) is 8.68. The van der Waals surface area contributed by atoms with Crippen molar-refractivity contribution < 1.29 is 13.2 Å². The molecular formula is C20H26N2O3S. The van der Waals surface area contributed by atoms with Gasteiger partial charge in [0.2, 0.25) is 0 Å². The average Bonchev–Trinajstić information content (AvgIpc) is 2.58. The Labute approximate surface area is 155 Å². The zero-order valence-electron chi connectivity index (χ0n) is 15.7. The summed E-state index contributed by atoms with van der Waals surface area (Å²) in [4.78, 5) is 12.2. The number of rotatable bonds is 7. The van der Waals surface area contributed by atoms with Gasteiger partial charge in [0, 0.05) is 12.1 Å². The molecule has 0 fully saturated rings. The molecule has 0 aliphatic rings. The van der Waals surface area contributed by atoms with Gasteiger partial charge in [0.1, 0.15) is 0 Å². The topological polar surface area (TPSA) is 75.3 Å². The van der Waals surface area contributed by atoms with Crippen LogP contribution in [0, 0.1) is 19.8 Å². The van der Waals surface area contributed by atoms with Crippen molar-refractivity contribution in [2.45, 2.75) is 39.0 Å². The van der Waals surface area contributed by atoms with Crippen molar-refractivity contribution in [3.05, 3.63) is 59.2 Å². The average molecular weight is 375 g/mol. The van der Waals surface area contributed by atoms with Gasteiger partial charge in [0.15, 0.2) is 0 Å². The molecule has 140 valence electrons. The summed E-state index contributed by atoms with van der Waals surface area (Å²) in [5.74, 6) is 0.316. The van der Waals surface area contributed by atoms with Gasteiger partial charge in [0.25, 0.3) is 15.9 Å². The van der Waals surface area contributed by atoms with Crippen molar-refractivity contribution >= 4 is 21.6 Å². The number of anilines is 1. The van der Waals surface area contributed by atoms with E-state index in [1.807, 2.05) is 32.0 Å². The molecule has 1 amide bonds. The highest BCUT2D eigenvalue weighted by atomic mass is 32.2. The Kier molecular flexibility index (Phi) is 6.42. The molecule has 2 aromatic carbocycles. The molecule has 2 rings (SSSR count). The van der Waals surface area contributed by atoms with Crippen LogP contribution in [0.3, 0.4) is 0 Å². The summed E-state index contributed by atoms with van der Waals surface area (Å²) in [7, 11) is -3.71. The van der Waals surface area contributed by atoms with E-state index >= 15 is 0 Å². The maximum Gasteiger partial charge on any atom is 0.261 e. The van der Waals surface area contributed by atoms with Crippen LogP contribution in [0.25, 0.3) is 0 Å². The fourth-order valence-corrected chi connectivity index (χ4v) is 3.73. The fourth-order valence-electron chi connectivity index (χ4n) is 2.53. The van der Waals surface area contributed by atoms with Crippen molar-refractivity contribution in [1.29, 1.82) is 0 Å². The standard InChI is InChI=1S/C20H26N2O3S/c1-14(2)12-13-21-20(23)17-8-10-18(11-9-17)26(24,25)22-19-15(3)6-5-7-16(19)4/h5-11,14,22H,12-13H2,1-4H3,(H,21,23). The van der Waals surface area contributed by atoms with E-state index in [-0.39, 0.29) is 10.8 Å². The van der Waals surface area contributed by atoms with Crippen LogP contribution in [-0.4, -0.2) is 20.9 Å². The summed E-state index contributed by atoms with van der Waals surface area (Å²) in [6, 6.07) is 11.6. The predicted molar refractivity (Wildman–Crippen MR) is 105 cm³/mol. The van der Waals surface area contributed by atoms with Gasteiger partial charge < -0.3 is 5.32 Å². The molecule has 0 aliphatic carbocycles. The molecule has 6 heteroatoms. The molecule has 26 heavy (non-hydrogen) atoms. The minimum atomic E-state index is -3.71. The van der Waals surface area contributed by atoms with Crippen LogP contribution < -0.4 is 10.0 Å². The number of carbonyl (C=O) groups is 1. The van der Waals surface area contributed by atoms with Gasteiger partial charge in [0.05, 0.1) is 10.6 Å². The molecule has 0 bridgehead atoms. The molecule has 0 spiro atoms. The van der Waals surface area contributed by atoms with E-state index < -0.39 is 10.0 Å². The van der Waals surface area contributed by atoms with Crippen LogP contribution in [0.2, 0.25) is 0 Å². The van der Waals surface area contributed by atoms with Gasteiger partial charge in [-0.15, -0.1) is 0 Å². The van der Waals surface area contributed by atoms with E-state index in [9.17, 15) is 13.2 Å². The molecule has 0 unspecified atom stereocenters. The summed E-state index contributed by atoms with van der Waals surface area (Å²) in [6.07, 6.45) is 0.901. The molecule has 2 N–H and O–H groups in total. The number of aryl methyl sites for hydroxylation is 2. The first-order chi connectivity index (χ1) is 12.2. The molecule has 0 saturated heterocycles. The van der Waals surface area contributed by atoms with Crippen LogP contribution in [-0.2, 0) is 10.0 Å². The van der Waals surface area contributed by atoms with Gasteiger partial charge in [-0.1, -0.05) is 32.0 Å². The van der Waals surface area contributed by atoms with Crippen LogP contribution in [0.15, 0.2) is 47.4 Å². The highest BCUT2D eigenvalue weighted by Gasteiger charge is 2.17. The van der Waals surface area contributed by atoms with Crippen LogP contribution >= 0.6 is 0 Å². The Morgan fingerprint density at radius 1 is 1.00 bits per heavy atom. The summed E-state index contributed by atoms with van der Waals surface area (Å²) < 4.78 is 27.9. The van der Waals surface area contributed by atoms with Crippen LogP contribution in [0.5, 0.6) is 0 Å². The summed E-state index contributed by atoms with van der Waals surface area (Å²) in [5, 5.41) is 2.84. The van der Waals surface area contributed by atoms with Crippen molar-refractivity contribution in [2.24, 2.45) is 5.92 Å². The van der Waals surface area contributed by atoms with Gasteiger partial charge in [-0.25, -0.2) is 8.42 Å². The normalized spacial score (nSPS) is 11.4. The quantitative estimate of drug-likeness (QED) is 0.772.